The zero-order chi connectivity index (χ0) is 20.5. The van der Waals surface area contributed by atoms with Crippen molar-refractivity contribution in [3.05, 3.63) is 59.7 Å². The third kappa shape index (κ3) is 3.52. The Labute approximate surface area is 178 Å². The first-order chi connectivity index (χ1) is 14.7. The molecule has 1 saturated heterocycles. The number of hydrogen-bond acceptors (Lipinski definition) is 6. The fourth-order valence-corrected chi connectivity index (χ4v) is 4.88. The minimum atomic E-state index is 0.0882. The average Bonchev–Trinajstić information content (AvgIpc) is 3.53. The highest BCUT2D eigenvalue weighted by atomic mass is 32.2. The minimum Gasteiger partial charge on any atom is -0.467 e. The molecule has 1 aromatic carbocycles. The Morgan fingerprint density at radius 3 is 2.80 bits per heavy atom. The molecule has 0 bridgehead atoms. The van der Waals surface area contributed by atoms with Gasteiger partial charge < -0.3 is 14.3 Å². The SMILES string of the molecule is Cc1[nH]c2ccccc2c1C(=O)CSc1nnc(N2CCCC2)n1Cc1ccco1. The van der Waals surface area contributed by atoms with Gasteiger partial charge in [-0.2, -0.15) is 0 Å². The molecule has 1 N–H and O–H groups in total. The largest absolute Gasteiger partial charge is 0.467 e. The van der Waals surface area contributed by atoms with Crippen LogP contribution < -0.4 is 4.90 Å². The zero-order valence-corrected chi connectivity index (χ0v) is 17.6. The van der Waals surface area contributed by atoms with E-state index in [-0.39, 0.29) is 5.78 Å². The van der Waals surface area contributed by atoms with Gasteiger partial charge in [0.15, 0.2) is 10.9 Å². The number of hydrogen-bond donors (Lipinski definition) is 1. The van der Waals surface area contributed by atoms with Gasteiger partial charge in [0.25, 0.3) is 0 Å². The first-order valence-electron chi connectivity index (χ1n) is 10.1. The van der Waals surface area contributed by atoms with Crippen LogP contribution in [-0.2, 0) is 6.54 Å². The van der Waals surface area contributed by atoms with Gasteiger partial charge in [-0.05, 0) is 38.0 Å². The van der Waals surface area contributed by atoms with E-state index in [1.807, 2.05) is 43.3 Å². The smallest absolute Gasteiger partial charge is 0.228 e. The second-order valence-corrected chi connectivity index (χ2v) is 8.47. The number of ketones is 1. The van der Waals surface area contributed by atoms with Crippen LogP contribution in [0.15, 0.2) is 52.2 Å². The van der Waals surface area contributed by atoms with Crippen LogP contribution in [0, 0.1) is 6.92 Å². The molecule has 1 aliphatic rings. The van der Waals surface area contributed by atoms with Gasteiger partial charge in [0.1, 0.15) is 5.76 Å². The van der Waals surface area contributed by atoms with Crippen LogP contribution >= 0.6 is 11.8 Å². The van der Waals surface area contributed by atoms with Crippen LogP contribution in [0.1, 0.15) is 34.7 Å². The Hall–Kier alpha value is -3.00. The molecule has 8 heteroatoms. The Morgan fingerprint density at radius 2 is 2.00 bits per heavy atom. The average molecular weight is 422 g/mol. The molecule has 7 nitrogen and oxygen atoms in total. The molecule has 154 valence electrons. The van der Waals surface area contributed by atoms with Gasteiger partial charge in [-0.25, -0.2) is 0 Å². The lowest BCUT2D eigenvalue weighted by molar-refractivity contribution is 0.102. The molecule has 0 aliphatic carbocycles. The number of aryl methyl sites for hydroxylation is 1. The fraction of sp³-hybridized carbons (Fsp3) is 0.318. The van der Waals surface area contributed by atoms with Crippen molar-refractivity contribution >= 4 is 34.4 Å². The maximum atomic E-state index is 13.1. The van der Waals surface area contributed by atoms with E-state index in [2.05, 4.69) is 24.6 Å². The molecule has 0 amide bonds. The van der Waals surface area contributed by atoms with Crippen LogP contribution in [0.4, 0.5) is 5.95 Å². The minimum absolute atomic E-state index is 0.0882. The van der Waals surface area contributed by atoms with Gasteiger partial charge in [-0.3, -0.25) is 9.36 Å². The van der Waals surface area contributed by atoms with Crippen molar-refractivity contribution in [3.63, 3.8) is 0 Å². The number of fused-ring (bicyclic) bond motifs is 1. The van der Waals surface area contributed by atoms with E-state index in [0.717, 1.165) is 65.0 Å². The van der Waals surface area contributed by atoms with Crippen LogP contribution in [0.25, 0.3) is 10.9 Å². The number of aromatic amines is 1. The van der Waals surface area contributed by atoms with Gasteiger partial charge in [-0.1, -0.05) is 30.0 Å². The number of furan rings is 1. The summed E-state index contributed by atoms with van der Waals surface area (Å²) in [5.41, 5.74) is 2.65. The molecular weight excluding hydrogens is 398 g/mol. The molecule has 4 aromatic rings. The van der Waals surface area contributed by atoms with E-state index in [4.69, 9.17) is 4.42 Å². The van der Waals surface area contributed by atoms with Crippen LogP contribution in [0.3, 0.4) is 0 Å². The third-order valence-corrected chi connectivity index (χ3v) is 6.45. The lowest BCUT2D eigenvalue weighted by atomic mass is 10.1. The van der Waals surface area contributed by atoms with Gasteiger partial charge in [-0.15, -0.1) is 10.2 Å². The standard InChI is InChI=1S/C22H23N5O2S/c1-15-20(17-8-2-3-9-18(17)23-15)19(28)14-30-22-25-24-21(26-10-4-5-11-26)27(22)13-16-7-6-12-29-16/h2-3,6-9,12,23H,4-5,10-11,13-14H2,1H3. The molecule has 0 radical (unpaired) electrons. The summed E-state index contributed by atoms with van der Waals surface area (Å²) in [6, 6.07) is 11.7. The zero-order valence-electron chi connectivity index (χ0n) is 16.8. The number of benzene rings is 1. The number of thioether (sulfide) groups is 1. The number of rotatable bonds is 7. The van der Waals surface area contributed by atoms with Gasteiger partial charge in [0, 0.05) is 35.2 Å². The summed E-state index contributed by atoms with van der Waals surface area (Å²) in [4.78, 5) is 18.6. The summed E-state index contributed by atoms with van der Waals surface area (Å²) in [5.74, 6) is 2.09. The fourth-order valence-electron chi connectivity index (χ4n) is 4.07. The number of nitrogens with zero attached hydrogens (tertiary/aromatic N) is 4. The number of para-hydroxylation sites is 1. The van der Waals surface area contributed by atoms with Crippen molar-refractivity contribution < 1.29 is 9.21 Å². The van der Waals surface area contributed by atoms with E-state index in [1.54, 1.807) is 6.26 Å². The van der Waals surface area contributed by atoms with E-state index in [0.29, 0.717) is 12.3 Å². The molecule has 0 atom stereocenters. The predicted molar refractivity (Wildman–Crippen MR) is 117 cm³/mol. The molecule has 1 aliphatic heterocycles. The number of H-pyrrole nitrogens is 1. The Kier molecular flexibility index (Phi) is 5.08. The number of aromatic nitrogens is 4. The van der Waals surface area contributed by atoms with Crippen molar-refractivity contribution in [1.29, 1.82) is 0 Å². The summed E-state index contributed by atoms with van der Waals surface area (Å²) in [5, 5.41) is 10.6. The van der Waals surface area contributed by atoms with Crippen LogP contribution in [0.2, 0.25) is 0 Å². The number of carbonyl (C=O) groups excluding carboxylic acids is 1. The molecule has 0 unspecified atom stereocenters. The lowest BCUT2D eigenvalue weighted by Crippen LogP contribution is -2.22. The maximum Gasteiger partial charge on any atom is 0.228 e. The van der Waals surface area contributed by atoms with E-state index < -0.39 is 0 Å². The van der Waals surface area contributed by atoms with Crippen molar-refractivity contribution in [2.75, 3.05) is 23.7 Å². The molecule has 4 heterocycles. The highest BCUT2D eigenvalue weighted by molar-refractivity contribution is 7.99. The Morgan fingerprint density at radius 1 is 1.17 bits per heavy atom. The van der Waals surface area contributed by atoms with E-state index in [1.165, 1.54) is 11.8 Å². The monoisotopic (exact) mass is 421 g/mol. The number of carbonyl (C=O) groups is 1. The van der Waals surface area contributed by atoms with Gasteiger partial charge in [0.2, 0.25) is 5.95 Å². The molecular formula is C22H23N5O2S. The van der Waals surface area contributed by atoms with Crippen LogP contribution in [0.5, 0.6) is 0 Å². The summed E-state index contributed by atoms with van der Waals surface area (Å²) < 4.78 is 7.61. The molecule has 1 fully saturated rings. The van der Waals surface area contributed by atoms with Crippen molar-refractivity contribution in [3.8, 4) is 0 Å². The summed E-state index contributed by atoms with van der Waals surface area (Å²) in [6.45, 7) is 4.46. The highest BCUT2D eigenvalue weighted by Gasteiger charge is 2.23. The molecule has 0 saturated carbocycles. The first-order valence-corrected chi connectivity index (χ1v) is 11.1. The normalized spacial score (nSPS) is 14.1. The summed E-state index contributed by atoms with van der Waals surface area (Å²) in [7, 11) is 0. The Balaban J connectivity index is 1.40. The molecule has 30 heavy (non-hydrogen) atoms. The van der Waals surface area contributed by atoms with E-state index in [9.17, 15) is 4.79 Å². The second kappa shape index (κ2) is 8.02. The quantitative estimate of drug-likeness (QED) is 0.354. The molecule has 3 aromatic heterocycles. The predicted octanol–water partition coefficient (Wildman–Crippen LogP) is 4.28. The molecule has 0 spiro atoms. The summed E-state index contributed by atoms with van der Waals surface area (Å²) in [6.07, 6.45) is 3.99. The molecule has 5 rings (SSSR count). The van der Waals surface area contributed by atoms with Crippen LogP contribution in [-0.4, -0.2) is 44.4 Å². The van der Waals surface area contributed by atoms with E-state index >= 15 is 0 Å². The first kappa shape index (κ1) is 19.0. The summed E-state index contributed by atoms with van der Waals surface area (Å²) >= 11 is 1.43. The third-order valence-electron chi connectivity index (χ3n) is 5.49. The number of anilines is 1. The number of Topliss-reactive ketones (excluding diaryl/α,β-unsaturated/α-hetero) is 1. The van der Waals surface area contributed by atoms with Crippen molar-refractivity contribution in [2.45, 2.75) is 31.5 Å². The van der Waals surface area contributed by atoms with Crippen molar-refractivity contribution in [2.24, 2.45) is 0 Å². The highest BCUT2D eigenvalue weighted by Crippen LogP contribution is 2.28. The topological polar surface area (TPSA) is 80.0 Å². The van der Waals surface area contributed by atoms with Gasteiger partial charge in [0.05, 0.1) is 18.6 Å². The second-order valence-electron chi connectivity index (χ2n) is 7.52. The maximum absolute atomic E-state index is 13.1. The number of nitrogens with one attached hydrogen (secondary N) is 1. The van der Waals surface area contributed by atoms with Gasteiger partial charge >= 0.3 is 0 Å². The Bertz CT molecular complexity index is 1170. The lowest BCUT2D eigenvalue weighted by Gasteiger charge is -2.17. The van der Waals surface area contributed by atoms with Crippen molar-refractivity contribution in [1.82, 2.24) is 19.7 Å².